The maximum atomic E-state index is 13.0. The van der Waals surface area contributed by atoms with E-state index in [1.165, 1.54) is 12.1 Å². The molecule has 9 heteroatoms. The molecule has 0 bridgehead atoms. The van der Waals surface area contributed by atoms with E-state index in [0.717, 1.165) is 0 Å². The Balaban J connectivity index is 1.67. The quantitative estimate of drug-likeness (QED) is 0.556. The van der Waals surface area contributed by atoms with Crippen molar-refractivity contribution in [2.75, 3.05) is 6.61 Å². The second kappa shape index (κ2) is 10.7. The van der Waals surface area contributed by atoms with Crippen LogP contribution in [-0.4, -0.2) is 45.3 Å². The van der Waals surface area contributed by atoms with Crippen LogP contribution < -0.4 is 10.0 Å². The normalized spacial score (nSPS) is 19.5. The molecular formula is C23H28N2O6S. The molecule has 1 heterocycles. The predicted octanol–water partition coefficient (Wildman–Crippen LogP) is 2.47. The summed E-state index contributed by atoms with van der Waals surface area (Å²) in [5.41, 5.74) is 0.376. The highest BCUT2D eigenvalue weighted by Crippen LogP contribution is 2.18. The maximum Gasteiger partial charge on any atom is 0.340 e. The van der Waals surface area contributed by atoms with Crippen LogP contribution in [0.3, 0.4) is 0 Å². The van der Waals surface area contributed by atoms with Gasteiger partial charge in [-0.1, -0.05) is 50.2 Å². The van der Waals surface area contributed by atoms with Gasteiger partial charge in [0.15, 0.2) is 0 Å². The summed E-state index contributed by atoms with van der Waals surface area (Å²) in [5.74, 6) is -0.981. The van der Waals surface area contributed by atoms with Crippen molar-refractivity contribution >= 4 is 21.9 Å². The van der Waals surface area contributed by atoms with Crippen molar-refractivity contribution in [1.82, 2.24) is 10.0 Å². The second-order valence-corrected chi connectivity index (χ2v) is 9.74. The number of amides is 1. The summed E-state index contributed by atoms with van der Waals surface area (Å²) in [7, 11) is -3.88. The molecule has 0 aromatic heterocycles. The lowest BCUT2D eigenvalue weighted by atomic mass is 10.0. The zero-order valence-corrected chi connectivity index (χ0v) is 18.9. The Morgan fingerprint density at radius 3 is 2.31 bits per heavy atom. The molecule has 1 unspecified atom stereocenters. The SMILES string of the molecule is CC(C)CC(NS(=O)(=O)c1ccccc1)C(=O)N[C@H]1CCO[C@H]1OC(=O)c1ccccc1. The van der Waals surface area contributed by atoms with Crippen molar-refractivity contribution in [2.24, 2.45) is 5.92 Å². The van der Waals surface area contributed by atoms with Crippen molar-refractivity contribution in [2.45, 2.75) is 50.0 Å². The number of hydrogen-bond donors (Lipinski definition) is 2. The third kappa shape index (κ3) is 6.38. The molecule has 32 heavy (non-hydrogen) atoms. The molecule has 8 nitrogen and oxygen atoms in total. The van der Waals surface area contributed by atoms with E-state index < -0.39 is 40.3 Å². The Morgan fingerprint density at radius 2 is 1.69 bits per heavy atom. The van der Waals surface area contributed by atoms with Gasteiger partial charge in [0.25, 0.3) is 0 Å². The van der Waals surface area contributed by atoms with Crippen LogP contribution in [0.4, 0.5) is 0 Å². The smallest absolute Gasteiger partial charge is 0.340 e. The molecule has 2 aromatic carbocycles. The molecule has 0 spiro atoms. The molecule has 1 aliphatic rings. The molecule has 1 fully saturated rings. The molecule has 1 saturated heterocycles. The van der Waals surface area contributed by atoms with Crippen LogP contribution in [0.1, 0.15) is 37.0 Å². The third-order valence-corrected chi connectivity index (χ3v) is 6.46. The summed E-state index contributed by atoms with van der Waals surface area (Å²) in [5, 5.41) is 2.80. The monoisotopic (exact) mass is 460 g/mol. The lowest BCUT2D eigenvalue weighted by molar-refractivity contribution is -0.128. The van der Waals surface area contributed by atoms with Crippen molar-refractivity contribution in [3.8, 4) is 0 Å². The highest BCUT2D eigenvalue weighted by atomic mass is 32.2. The molecule has 1 aliphatic heterocycles. The highest BCUT2D eigenvalue weighted by molar-refractivity contribution is 7.89. The molecular weight excluding hydrogens is 432 g/mol. The van der Waals surface area contributed by atoms with Crippen molar-refractivity contribution < 1.29 is 27.5 Å². The number of benzene rings is 2. The molecule has 1 amide bonds. The molecule has 0 radical (unpaired) electrons. The number of sulfonamides is 1. The van der Waals surface area contributed by atoms with E-state index >= 15 is 0 Å². The van der Waals surface area contributed by atoms with E-state index in [1.54, 1.807) is 48.5 Å². The topological polar surface area (TPSA) is 111 Å². The van der Waals surface area contributed by atoms with Gasteiger partial charge in [-0.3, -0.25) is 4.79 Å². The van der Waals surface area contributed by atoms with Gasteiger partial charge >= 0.3 is 5.97 Å². The highest BCUT2D eigenvalue weighted by Gasteiger charge is 2.35. The molecule has 2 N–H and O–H groups in total. The van der Waals surface area contributed by atoms with Crippen molar-refractivity contribution in [1.29, 1.82) is 0 Å². The molecule has 0 aliphatic carbocycles. The minimum atomic E-state index is -3.88. The van der Waals surface area contributed by atoms with E-state index in [2.05, 4.69) is 10.0 Å². The molecule has 3 atom stereocenters. The standard InChI is InChI=1S/C23H28N2O6S/c1-16(2)15-20(25-32(28,29)18-11-7-4-8-12-18)21(26)24-19-13-14-30-23(19)31-22(27)17-9-5-3-6-10-17/h3-12,16,19-20,23,25H,13-15H2,1-2H3,(H,24,26)/t19-,20?,23-/m0/s1. The van der Waals surface area contributed by atoms with Crippen LogP contribution in [-0.2, 0) is 24.3 Å². The van der Waals surface area contributed by atoms with Crippen molar-refractivity contribution in [3.63, 3.8) is 0 Å². The van der Waals surface area contributed by atoms with Crippen LogP contribution >= 0.6 is 0 Å². The van der Waals surface area contributed by atoms with Crippen LogP contribution in [0.5, 0.6) is 0 Å². The molecule has 172 valence electrons. The van der Waals surface area contributed by atoms with Crippen LogP contribution in [0.15, 0.2) is 65.6 Å². The second-order valence-electron chi connectivity index (χ2n) is 8.03. The minimum Gasteiger partial charge on any atom is -0.430 e. The first-order valence-corrected chi connectivity index (χ1v) is 12.0. The number of carbonyl (C=O) groups excluding carboxylic acids is 2. The van der Waals surface area contributed by atoms with E-state index in [9.17, 15) is 18.0 Å². The summed E-state index contributed by atoms with van der Waals surface area (Å²) < 4.78 is 38.9. The molecule has 2 aromatic rings. The fourth-order valence-corrected chi connectivity index (χ4v) is 4.62. The number of carbonyl (C=O) groups is 2. The first-order chi connectivity index (χ1) is 15.3. The Labute approximate surface area is 188 Å². The van der Waals surface area contributed by atoms with Crippen molar-refractivity contribution in [3.05, 3.63) is 66.2 Å². The van der Waals surface area contributed by atoms with Gasteiger partial charge in [0.2, 0.25) is 22.2 Å². The first kappa shape index (κ1) is 23.9. The Kier molecular flexibility index (Phi) is 8.00. The number of nitrogens with one attached hydrogen (secondary N) is 2. The molecule has 3 rings (SSSR count). The van der Waals surface area contributed by atoms with E-state index in [-0.39, 0.29) is 10.8 Å². The first-order valence-electron chi connectivity index (χ1n) is 10.5. The van der Waals surface area contributed by atoms with Gasteiger partial charge in [-0.15, -0.1) is 0 Å². The zero-order chi connectivity index (χ0) is 23.1. The summed E-state index contributed by atoms with van der Waals surface area (Å²) in [6.07, 6.45) is -0.199. The van der Waals surface area contributed by atoms with E-state index in [1.807, 2.05) is 13.8 Å². The molecule has 0 saturated carbocycles. The Morgan fingerprint density at radius 1 is 1.06 bits per heavy atom. The number of esters is 1. The minimum absolute atomic E-state index is 0.0655. The Hall–Kier alpha value is -2.75. The summed E-state index contributed by atoms with van der Waals surface area (Å²) in [6, 6.07) is 14.8. The van der Waals surface area contributed by atoms with E-state index in [4.69, 9.17) is 9.47 Å². The summed E-state index contributed by atoms with van der Waals surface area (Å²) >= 11 is 0. The summed E-state index contributed by atoms with van der Waals surface area (Å²) in [6.45, 7) is 4.11. The van der Waals surface area contributed by atoms with Crippen LogP contribution in [0.2, 0.25) is 0 Å². The van der Waals surface area contributed by atoms with Gasteiger partial charge in [-0.05, 0) is 43.0 Å². The van der Waals surface area contributed by atoms with Crippen LogP contribution in [0, 0.1) is 5.92 Å². The van der Waals surface area contributed by atoms with Crippen LogP contribution in [0.25, 0.3) is 0 Å². The van der Waals surface area contributed by atoms with Gasteiger partial charge in [0.1, 0.15) is 6.04 Å². The van der Waals surface area contributed by atoms with Gasteiger partial charge in [0.05, 0.1) is 23.1 Å². The number of ether oxygens (including phenoxy) is 2. The third-order valence-electron chi connectivity index (χ3n) is 4.97. The largest absolute Gasteiger partial charge is 0.430 e. The van der Waals surface area contributed by atoms with E-state index in [0.29, 0.717) is 25.0 Å². The average Bonchev–Trinajstić information content (AvgIpc) is 3.20. The summed E-state index contributed by atoms with van der Waals surface area (Å²) in [4.78, 5) is 25.4. The number of hydrogen-bond acceptors (Lipinski definition) is 6. The number of rotatable bonds is 9. The fourth-order valence-electron chi connectivity index (χ4n) is 3.39. The lowest BCUT2D eigenvalue weighted by Gasteiger charge is -2.24. The lowest BCUT2D eigenvalue weighted by Crippen LogP contribution is -2.52. The van der Waals surface area contributed by atoms with Gasteiger partial charge in [-0.25, -0.2) is 13.2 Å². The van der Waals surface area contributed by atoms with Gasteiger partial charge < -0.3 is 14.8 Å². The van der Waals surface area contributed by atoms with Gasteiger partial charge in [-0.2, -0.15) is 4.72 Å². The Bertz CT molecular complexity index is 1010. The maximum absolute atomic E-state index is 13.0. The van der Waals surface area contributed by atoms with Gasteiger partial charge in [0, 0.05) is 0 Å². The average molecular weight is 461 g/mol. The predicted molar refractivity (Wildman–Crippen MR) is 118 cm³/mol. The fraction of sp³-hybridized carbons (Fsp3) is 0.391. The zero-order valence-electron chi connectivity index (χ0n) is 18.1.